The summed E-state index contributed by atoms with van der Waals surface area (Å²) >= 11 is 0. The third-order valence-electron chi connectivity index (χ3n) is 1.20. The van der Waals surface area contributed by atoms with Gasteiger partial charge in [0.15, 0.2) is 0 Å². The lowest BCUT2D eigenvalue weighted by Gasteiger charge is -2.11. The van der Waals surface area contributed by atoms with E-state index in [9.17, 15) is 13.2 Å². The maximum absolute atomic E-state index is 11.6. The molecule has 0 bridgehead atoms. The van der Waals surface area contributed by atoms with Crippen molar-refractivity contribution in [2.45, 2.75) is 6.36 Å². The molecule has 0 unspecified atom stereocenters. The summed E-state index contributed by atoms with van der Waals surface area (Å²) in [5.41, 5.74) is 0. The van der Waals surface area contributed by atoms with Crippen molar-refractivity contribution in [2.75, 3.05) is 0 Å². The van der Waals surface area contributed by atoms with E-state index in [1.807, 2.05) is 0 Å². The highest BCUT2D eigenvalue weighted by Gasteiger charge is 2.32. The number of hydrogen-bond donors (Lipinski definition) is 0. The highest BCUT2D eigenvalue weighted by Crippen LogP contribution is 2.22. The van der Waals surface area contributed by atoms with Gasteiger partial charge in [-0.1, -0.05) is 18.2 Å². The van der Waals surface area contributed by atoms with Crippen molar-refractivity contribution in [3.63, 3.8) is 0 Å². The Morgan fingerprint density at radius 1 is 1.14 bits per heavy atom. The molecule has 0 aliphatic heterocycles. The van der Waals surface area contributed by atoms with Crippen LogP contribution < -0.4 is 4.74 Å². The van der Waals surface area contributed by atoms with Crippen molar-refractivity contribution in [3.05, 3.63) is 42.9 Å². The van der Waals surface area contributed by atoms with Crippen molar-refractivity contribution >= 4 is 0 Å². The normalized spacial score (nSPS) is 10.8. The summed E-state index contributed by atoms with van der Waals surface area (Å²) in [5.74, 6) is -0.564. The summed E-state index contributed by atoms with van der Waals surface area (Å²) in [4.78, 5) is 0. The molecule has 2 nitrogen and oxygen atoms in total. The maximum atomic E-state index is 11.6. The van der Waals surface area contributed by atoms with Crippen LogP contribution in [0.2, 0.25) is 0 Å². The van der Waals surface area contributed by atoms with Crippen molar-refractivity contribution in [3.8, 4) is 5.75 Å². The van der Waals surface area contributed by atoms with Crippen LogP contribution in [-0.4, -0.2) is 6.36 Å². The van der Waals surface area contributed by atoms with Crippen LogP contribution in [0, 0.1) is 0 Å². The molecule has 0 amide bonds. The number of halogens is 3. The number of rotatable bonds is 3. The van der Waals surface area contributed by atoms with Gasteiger partial charge in [-0.2, -0.15) is 0 Å². The van der Waals surface area contributed by atoms with Gasteiger partial charge in [-0.25, -0.2) is 0 Å². The molecular weight excluding hydrogens is 197 g/mol. The number of alkyl halides is 3. The zero-order chi connectivity index (χ0) is 10.6. The van der Waals surface area contributed by atoms with Crippen LogP contribution in [0.4, 0.5) is 13.2 Å². The van der Waals surface area contributed by atoms with E-state index in [4.69, 9.17) is 0 Å². The van der Waals surface area contributed by atoms with Gasteiger partial charge in [0.25, 0.3) is 5.95 Å². The molecule has 14 heavy (non-hydrogen) atoms. The second-order valence-corrected chi connectivity index (χ2v) is 2.33. The molecule has 1 rings (SSSR count). The molecule has 0 saturated heterocycles. The molecule has 0 heterocycles. The molecule has 0 aliphatic carbocycles. The Morgan fingerprint density at radius 2 is 1.71 bits per heavy atom. The maximum Gasteiger partial charge on any atom is 0.575 e. The highest BCUT2D eigenvalue weighted by molar-refractivity contribution is 5.22. The minimum atomic E-state index is -4.77. The van der Waals surface area contributed by atoms with Crippen molar-refractivity contribution in [1.82, 2.24) is 0 Å². The Labute approximate surface area is 78.6 Å². The molecule has 0 saturated carbocycles. The van der Waals surface area contributed by atoms with Crippen LogP contribution >= 0.6 is 0 Å². The number of hydrogen-bond acceptors (Lipinski definition) is 2. The lowest BCUT2D eigenvalue weighted by Crippen LogP contribution is -2.15. The van der Waals surface area contributed by atoms with Crippen molar-refractivity contribution in [2.24, 2.45) is 0 Å². The van der Waals surface area contributed by atoms with Gasteiger partial charge in [0, 0.05) is 0 Å². The van der Waals surface area contributed by atoms with Crippen LogP contribution in [0.1, 0.15) is 0 Å². The van der Waals surface area contributed by atoms with Gasteiger partial charge >= 0.3 is 6.36 Å². The summed E-state index contributed by atoms with van der Waals surface area (Å²) < 4.78 is 43.0. The smallest absolute Gasteiger partial charge is 0.427 e. The first-order valence-corrected chi connectivity index (χ1v) is 3.65. The number of para-hydroxylation sites is 1. The van der Waals surface area contributed by atoms with Gasteiger partial charge in [-0.05, 0) is 18.7 Å². The van der Waals surface area contributed by atoms with Crippen LogP contribution in [0.3, 0.4) is 0 Å². The minimum absolute atomic E-state index is 0.238. The Kier molecular flexibility index (Phi) is 3.01. The van der Waals surface area contributed by atoms with Crippen LogP contribution in [0.5, 0.6) is 5.75 Å². The average Bonchev–Trinajstić information content (AvgIpc) is 2.02. The van der Waals surface area contributed by atoms with Gasteiger partial charge in [-0.3, -0.25) is 0 Å². The fourth-order valence-electron chi connectivity index (χ4n) is 0.770. The lowest BCUT2D eigenvalue weighted by atomic mass is 10.3. The van der Waals surface area contributed by atoms with E-state index in [0.29, 0.717) is 0 Å². The first-order valence-electron chi connectivity index (χ1n) is 3.65. The predicted molar refractivity (Wildman–Crippen MR) is 43.4 cm³/mol. The number of benzene rings is 1. The number of ether oxygens (including phenoxy) is 2. The van der Waals surface area contributed by atoms with E-state index in [2.05, 4.69) is 16.1 Å². The topological polar surface area (TPSA) is 18.5 Å². The molecule has 0 fully saturated rings. The largest absolute Gasteiger partial charge is 0.575 e. The standard InChI is InChI=1S/C9H7F3O2/c1-7(14-9(10,11)12)13-8-5-3-2-4-6-8/h2-6H,1H2. The second-order valence-electron chi connectivity index (χ2n) is 2.33. The third-order valence-corrected chi connectivity index (χ3v) is 1.20. The average molecular weight is 204 g/mol. The van der Waals surface area contributed by atoms with Gasteiger partial charge in [0.05, 0.1) is 0 Å². The van der Waals surface area contributed by atoms with E-state index in [1.54, 1.807) is 18.2 Å². The Hall–Kier alpha value is -1.65. The van der Waals surface area contributed by atoms with Crippen molar-refractivity contribution < 1.29 is 22.6 Å². The highest BCUT2D eigenvalue weighted by atomic mass is 19.4. The third kappa shape index (κ3) is 3.84. The Morgan fingerprint density at radius 3 is 2.21 bits per heavy atom. The second kappa shape index (κ2) is 4.04. The Bertz CT molecular complexity index is 306. The van der Waals surface area contributed by atoms with Gasteiger partial charge in [0.2, 0.25) is 0 Å². The first kappa shape index (κ1) is 10.4. The van der Waals surface area contributed by atoms with E-state index in [-0.39, 0.29) is 5.75 Å². The molecule has 0 N–H and O–H groups in total. The minimum Gasteiger partial charge on any atom is -0.427 e. The van der Waals surface area contributed by atoms with E-state index in [1.165, 1.54) is 12.1 Å². The molecule has 0 aromatic heterocycles. The lowest BCUT2D eigenvalue weighted by molar-refractivity contribution is -0.316. The molecule has 1 aromatic carbocycles. The zero-order valence-electron chi connectivity index (χ0n) is 7.04. The fraction of sp³-hybridized carbons (Fsp3) is 0.111. The van der Waals surface area contributed by atoms with Crippen LogP contribution in [-0.2, 0) is 4.74 Å². The zero-order valence-corrected chi connectivity index (χ0v) is 7.04. The fourth-order valence-corrected chi connectivity index (χ4v) is 0.770. The van der Waals surface area contributed by atoms with E-state index in [0.717, 1.165) is 0 Å². The monoisotopic (exact) mass is 204 g/mol. The first-order chi connectivity index (χ1) is 6.47. The van der Waals surface area contributed by atoms with Crippen LogP contribution in [0.15, 0.2) is 42.9 Å². The molecule has 5 heteroatoms. The predicted octanol–water partition coefficient (Wildman–Crippen LogP) is 3.07. The quantitative estimate of drug-likeness (QED) is 0.704. The summed E-state index contributed by atoms with van der Waals surface area (Å²) in [5, 5.41) is 0. The van der Waals surface area contributed by atoms with Crippen LogP contribution in [0.25, 0.3) is 0 Å². The molecular formula is C9H7F3O2. The summed E-state index contributed by atoms with van der Waals surface area (Å²) in [6.45, 7) is 2.97. The van der Waals surface area contributed by atoms with Gasteiger partial charge < -0.3 is 9.47 Å². The summed E-state index contributed by atoms with van der Waals surface area (Å²) in [6, 6.07) is 7.93. The van der Waals surface area contributed by atoms with E-state index >= 15 is 0 Å². The SMILES string of the molecule is C=C(Oc1ccccc1)OC(F)(F)F. The molecule has 0 atom stereocenters. The molecule has 0 aliphatic rings. The van der Waals surface area contributed by atoms with E-state index < -0.39 is 12.3 Å². The molecule has 76 valence electrons. The summed E-state index contributed by atoms with van der Waals surface area (Å²) in [7, 11) is 0. The molecule has 0 spiro atoms. The molecule has 0 radical (unpaired) electrons. The molecule has 1 aromatic rings. The Balaban J connectivity index is 2.50. The summed E-state index contributed by atoms with van der Waals surface area (Å²) in [6.07, 6.45) is -4.77. The van der Waals surface area contributed by atoms with Gasteiger partial charge in [-0.15, -0.1) is 13.2 Å². The van der Waals surface area contributed by atoms with Crippen molar-refractivity contribution in [1.29, 1.82) is 0 Å². The van der Waals surface area contributed by atoms with Gasteiger partial charge in [0.1, 0.15) is 5.75 Å².